The van der Waals surface area contributed by atoms with E-state index in [1.54, 1.807) is 0 Å². The van der Waals surface area contributed by atoms with Crippen LogP contribution in [0.15, 0.2) is 15.3 Å². The second-order valence-corrected chi connectivity index (χ2v) is 5.85. The van der Waals surface area contributed by atoms with E-state index in [4.69, 9.17) is 4.74 Å². The average molecular weight is 343 g/mol. The lowest BCUT2D eigenvalue weighted by atomic mass is 9.93. The summed E-state index contributed by atoms with van der Waals surface area (Å²) in [6.07, 6.45) is 5.09. The van der Waals surface area contributed by atoms with Gasteiger partial charge in [-0.2, -0.15) is 0 Å². The number of carbonyl (C=O) groups excluding carboxylic acids is 1. The quantitative estimate of drug-likeness (QED) is 0.615. The largest absolute Gasteiger partial charge is 0.462 e. The van der Waals surface area contributed by atoms with Gasteiger partial charge in [0.05, 0.1) is 11.1 Å². The topological polar surface area (TPSA) is 71.2 Å². The molecule has 0 spiro atoms. The third-order valence-corrected chi connectivity index (χ3v) is 3.99. The molecule has 20 heavy (non-hydrogen) atoms. The molecule has 6 heteroatoms. The van der Waals surface area contributed by atoms with Gasteiger partial charge >= 0.3 is 5.97 Å². The van der Waals surface area contributed by atoms with Crippen LogP contribution in [0, 0.1) is 0 Å². The maximum Gasteiger partial charge on any atom is 0.341 e. The van der Waals surface area contributed by atoms with Gasteiger partial charge in [0.1, 0.15) is 11.4 Å². The van der Waals surface area contributed by atoms with Gasteiger partial charge in [0.15, 0.2) is 0 Å². The number of aromatic amines is 1. The van der Waals surface area contributed by atoms with Gasteiger partial charge in [-0.25, -0.2) is 4.79 Å². The summed E-state index contributed by atoms with van der Waals surface area (Å²) in [6, 6.07) is 1.85. The second-order valence-electron chi connectivity index (χ2n) is 5.00. The molecule has 1 heterocycles. The number of ether oxygens (including phenoxy) is 1. The van der Waals surface area contributed by atoms with E-state index in [0.717, 1.165) is 25.7 Å². The number of hydrogen-bond acceptors (Lipinski definition) is 4. The fourth-order valence-corrected chi connectivity index (χ4v) is 2.25. The van der Waals surface area contributed by atoms with Gasteiger partial charge in [-0.05, 0) is 47.7 Å². The van der Waals surface area contributed by atoms with Crippen molar-refractivity contribution in [3.05, 3.63) is 26.5 Å². The first-order chi connectivity index (χ1) is 9.61. The molecule has 5 nitrogen and oxygen atoms in total. The Balaban J connectivity index is 2.17. The number of anilines is 1. The number of aromatic nitrogens is 1. The molecular weight excluding hydrogens is 324 g/mol. The van der Waals surface area contributed by atoms with Crippen molar-refractivity contribution >= 4 is 27.7 Å². The van der Waals surface area contributed by atoms with Crippen LogP contribution in [0.2, 0.25) is 0 Å². The zero-order chi connectivity index (χ0) is 14.5. The lowest BCUT2D eigenvalue weighted by Crippen LogP contribution is -2.30. The number of rotatable bonds is 6. The molecule has 2 rings (SSSR count). The molecule has 0 atom stereocenters. The van der Waals surface area contributed by atoms with Crippen molar-refractivity contribution in [2.75, 3.05) is 11.9 Å². The average Bonchev–Trinajstić information content (AvgIpc) is 2.37. The van der Waals surface area contributed by atoms with E-state index in [0.29, 0.717) is 28.5 Å². The molecule has 2 N–H and O–H groups in total. The van der Waals surface area contributed by atoms with Crippen LogP contribution in [0.5, 0.6) is 0 Å². The summed E-state index contributed by atoms with van der Waals surface area (Å²) in [5.74, 6) is 0.0571. The van der Waals surface area contributed by atoms with E-state index in [9.17, 15) is 9.59 Å². The van der Waals surface area contributed by atoms with Gasteiger partial charge in [-0.1, -0.05) is 13.3 Å². The van der Waals surface area contributed by atoms with Gasteiger partial charge in [0, 0.05) is 6.04 Å². The molecule has 1 aliphatic rings. The molecule has 0 radical (unpaired) electrons. The number of unbranched alkanes of at least 4 members (excludes halogenated alkanes) is 1. The van der Waals surface area contributed by atoms with Crippen LogP contribution in [-0.2, 0) is 4.74 Å². The molecule has 110 valence electrons. The minimum Gasteiger partial charge on any atom is -0.462 e. The van der Waals surface area contributed by atoms with E-state index >= 15 is 0 Å². The van der Waals surface area contributed by atoms with Crippen LogP contribution < -0.4 is 10.9 Å². The predicted octanol–water partition coefficient (Wildman–Crippen LogP) is 3.06. The van der Waals surface area contributed by atoms with Crippen molar-refractivity contribution in [3.8, 4) is 0 Å². The molecule has 1 aliphatic carbocycles. The summed E-state index contributed by atoms with van der Waals surface area (Å²) in [7, 11) is 0. The first-order valence-electron chi connectivity index (χ1n) is 6.98. The standard InChI is InChI=1S/C14H19BrN2O3/c1-2-3-7-20-14(19)10-8-11(15)13(18)17-12(10)16-9-5-4-6-9/h8-9H,2-7H2,1H3,(H2,16,17,18). The zero-order valence-electron chi connectivity index (χ0n) is 11.5. The number of H-pyrrole nitrogens is 1. The molecule has 0 bridgehead atoms. The number of halogens is 1. The Bertz CT molecular complexity index is 538. The number of carbonyl (C=O) groups is 1. The molecule has 0 unspecified atom stereocenters. The highest BCUT2D eigenvalue weighted by Crippen LogP contribution is 2.24. The Labute approximate surface area is 126 Å². The monoisotopic (exact) mass is 342 g/mol. The van der Waals surface area contributed by atoms with Gasteiger partial charge in [-0.3, -0.25) is 4.79 Å². The lowest BCUT2D eigenvalue weighted by molar-refractivity contribution is 0.0500. The predicted molar refractivity (Wildman–Crippen MR) is 81.2 cm³/mol. The summed E-state index contributed by atoms with van der Waals surface area (Å²) in [6.45, 7) is 2.43. The Morgan fingerprint density at radius 1 is 1.55 bits per heavy atom. The van der Waals surface area contributed by atoms with Gasteiger partial charge in [0.2, 0.25) is 0 Å². The Kier molecular flexibility index (Phi) is 5.23. The number of hydrogen-bond donors (Lipinski definition) is 2. The maximum atomic E-state index is 12.1. The fraction of sp³-hybridized carbons (Fsp3) is 0.571. The molecular formula is C14H19BrN2O3. The van der Waals surface area contributed by atoms with Crippen LogP contribution in [-0.4, -0.2) is 23.6 Å². The smallest absolute Gasteiger partial charge is 0.341 e. The van der Waals surface area contributed by atoms with Crippen LogP contribution in [0.25, 0.3) is 0 Å². The van der Waals surface area contributed by atoms with Gasteiger partial charge < -0.3 is 15.0 Å². The van der Waals surface area contributed by atoms with Crippen LogP contribution in [0.1, 0.15) is 49.4 Å². The third-order valence-electron chi connectivity index (χ3n) is 3.40. The van der Waals surface area contributed by atoms with Crippen molar-refractivity contribution < 1.29 is 9.53 Å². The van der Waals surface area contributed by atoms with E-state index < -0.39 is 5.97 Å². The zero-order valence-corrected chi connectivity index (χ0v) is 13.1. The van der Waals surface area contributed by atoms with Crippen molar-refractivity contribution in [1.29, 1.82) is 0 Å². The lowest BCUT2D eigenvalue weighted by Gasteiger charge is -2.28. The SMILES string of the molecule is CCCCOC(=O)c1cc(Br)c(=O)[nH]c1NC1CCC1. The van der Waals surface area contributed by atoms with Crippen molar-refractivity contribution in [1.82, 2.24) is 4.98 Å². The summed E-state index contributed by atoms with van der Waals surface area (Å²) < 4.78 is 5.55. The van der Waals surface area contributed by atoms with Gasteiger partial charge in [-0.15, -0.1) is 0 Å². The van der Waals surface area contributed by atoms with Crippen molar-refractivity contribution in [3.63, 3.8) is 0 Å². The Morgan fingerprint density at radius 2 is 2.30 bits per heavy atom. The van der Waals surface area contributed by atoms with E-state index in [2.05, 4.69) is 26.2 Å². The number of nitrogens with one attached hydrogen (secondary N) is 2. The van der Waals surface area contributed by atoms with E-state index in [1.165, 1.54) is 12.5 Å². The first-order valence-corrected chi connectivity index (χ1v) is 7.77. The molecule has 1 saturated carbocycles. The fourth-order valence-electron chi connectivity index (χ4n) is 1.92. The molecule has 1 aromatic rings. The number of esters is 1. The summed E-state index contributed by atoms with van der Waals surface area (Å²) in [4.78, 5) is 26.5. The molecule has 0 amide bonds. The second kappa shape index (κ2) is 6.92. The summed E-state index contributed by atoms with van der Waals surface area (Å²) in [5.41, 5.74) is 0.122. The van der Waals surface area contributed by atoms with Crippen molar-refractivity contribution in [2.24, 2.45) is 0 Å². The highest BCUT2D eigenvalue weighted by molar-refractivity contribution is 9.10. The maximum absolute atomic E-state index is 12.1. The molecule has 1 fully saturated rings. The minimum atomic E-state index is -0.405. The molecule has 0 saturated heterocycles. The normalized spacial score (nSPS) is 14.7. The summed E-state index contributed by atoms with van der Waals surface area (Å²) in [5, 5.41) is 3.21. The van der Waals surface area contributed by atoms with Crippen LogP contribution in [0.4, 0.5) is 5.82 Å². The first kappa shape index (κ1) is 15.1. The minimum absolute atomic E-state index is 0.253. The van der Waals surface area contributed by atoms with Crippen LogP contribution >= 0.6 is 15.9 Å². The highest BCUT2D eigenvalue weighted by atomic mass is 79.9. The van der Waals surface area contributed by atoms with Crippen LogP contribution in [0.3, 0.4) is 0 Å². The molecule has 0 aliphatic heterocycles. The van der Waals surface area contributed by atoms with Crippen molar-refractivity contribution in [2.45, 2.75) is 45.1 Å². The summed E-state index contributed by atoms with van der Waals surface area (Å²) >= 11 is 3.15. The Hall–Kier alpha value is -1.30. The van der Waals surface area contributed by atoms with E-state index in [1.807, 2.05) is 6.92 Å². The number of pyridine rings is 1. The van der Waals surface area contributed by atoms with E-state index in [-0.39, 0.29) is 5.56 Å². The Morgan fingerprint density at radius 3 is 2.90 bits per heavy atom. The third kappa shape index (κ3) is 3.62. The molecule has 0 aromatic carbocycles. The van der Waals surface area contributed by atoms with Gasteiger partial charge in [0.25, 0.3) is 5.56 Å². The molecule has 1 aromatic heterocycles. The highest BCUT2D eigenvalue weighted by Gasteiger charge is 2.22.